The van der Waals surface area contributed by atoms with Crippen molar-refractivity contribution >= 4 is 28.8 Å². The van der Waals surface area contributed by atoms with Crippen molar-refractivity contribution in [3.63, 3.8) is 0 Å². The molecule has 0 bridgehead atoms. The first kappa shape index (κ1) is 14.5. The molecule has 0 saturated heterocycles. The highest BCUT2D eigenvalue weighted by Gasteiger charge is 2.06. The molecule has 1 N–H and O–H groups in total. The summed E-state index contributed by atoms with van der Waals surface area (Å²) in [6.45, 7) is 3.85. The van der Waals surface area contributed by atoms with Crippen molar-refractivity contribution in [3.8, 4) is 0 Å². The summed E-state index contributed by atoms with van der Waals surface area (Å²) < 4.78 is 0. The van der Waals surface area contributed by atoms with Crippen LogP contribution >= 0.6 is 11.6 Å². The first-order valence-electron chi connectivity index (χ1n) is 5.74. The fourth-order valence-corrected chi connectivity index (χ4v) is 1.54. The van der Waals surface area contributed by atoms with Crippen molar-refractivity contribution < 1.29 is 4.79 Å². The molecular formula is C14H17ClN2O. The van der Waals surface area contributed by atoms with Crippen LogP contribution in [0.3, 0.4) is 0 Å². The largest absolute Gasteiger partial charge is 0.350 e. The maximum atomic E-state index is 11.7. The van der Waals surface area contributed by atoms with Crippen molar-refractivity contribution in [1.29, 1.82) is 0 Å². The van der Waals surface area contributed by atoms with Gasteiger partial charge < -0.3 is 5.32 Å². The van der Waals surface area contributed by atoms with Gasteiger partial charge in [-0.3, -0.25) is 9.79 Å². The molecule has 0 heterocycles. The van der Waals surface area contributed by atoms with Crippen LogP contribution in [0.1, 0.15) is 29.8 Å². The number of nitrogens with one attached hydrogen (secondary N) is 1. The summed E-state index contributed by atoms with van der Waals surface area (Å²) in [5, 5.41) is 3.43. The molecule has 1 aromatic carbocycles. The highest BCUT2D eigenvalue weighted by atomic mass is 35.5. The number of hydrogen-bond acceptors (Lipinski definition) is 2. The normalized spacial score (nSPS) is 12.2. The van der Waals surface area contributed by atoms with Crippen LogP contribution in [-0.4, -0.2) is 25.2 Å². The molecule has 0 aromatic heterocycles. The maximum absolute atomic E-state index is 11.7. The number of amides is 1. The zero-order chi connectivity index (χ0) is 13.5. The fraction of sp³-hybridized carbons (Fsp3) is 0.286. The van der Waals surface area contributed by atoms with Crippen molar-refractivity contribution in [1.82, 2.24) is 5.32 Å². The Morgan fingerprint density at radius 3 is 2.33 bits per heavy atom. The average molecular weight is 265 g/mol. The summed E-state index contributed by atoms with van der Waals surface area (Å²) in [4.78, 5) is 15.6. The molecule has 0 fully saturated rings. The predicted octanol–water partition coefficient (Wildman–Crippen LogP) is 3.11. The van der Waals surface area contributed by atoms with E-state index < -0.39 is 0 Å². The Labute approximate surface area is 113 Å². The van der Waals surface area contributed by atoms with Gasteiger partial charge in [-0.1, -0.05) is 23.7 Å². The lowest BCUT2D eigenvalue weighted by molar-refractivity contribution is 0.0943. The van der Waals surface area contributed by atoms with Crippen molar-refractivity contribution in [3.05, 3.63) is 41.5 Å². The van der Waals surface area contributed by atoms with Gasteiger partial charge in [-0.25, -0.2) is 0 Å². The van der Waals surface area contributed by atoms with Crippen molar-refractivity contribution in [2.45, 2.75) is 19.9 Å². The van der Waals surface area contributed by atoms with Gasteiger partial charge in [-0.05, 0) is 37.6 Å². The molecule has 0 atom stereocenters. The van der Waals surface area contributed by atoms with E-state index >= 15 is 0 Å². The van der Waals surface area contributed by atoms with Gasteiger partial charge in [0.05, 0.1) is 0 Å². The number of carbonyl (C=O) groups excluding carboxylic acids is 1. The van der Waals surface area contributed by atoms with E-state index in [-0.39, 0.29) is 11.9 Å². The van der Waals surface area contributed by atoms with E-state index in [2.05, 4.69) is 10.3 Å². The Balaban J connectivity index is 2.83. The molecule has 0 unspecified atom stereocenters. The second-order valence-corrected chi connectivity index (χ2v) is 4.53. The number of benzene rings is 1. The number of nitrogens with zero attached hydrogens (tertiary/aromatic N) is 1. The van der Waals surface area contributed by atoms with Crippen molar-refractivity contribution in [2.24, 2.45) is 4.99 Å². The SMILES string of the molecule is CN=C/C=C(/Cl)c1ccc(C(=O)NC(C)C)cc1. The van der Waals surface area contributed by atoms with E-state index in [1.807, 2.05) is 26.0 Å². The van der Waals surface area contributed by atoms with E-state index in [1.165, 1.54) is 0 Å². The van der Waals surface area contributed by atoms with Crippen LogP contribution in [0, 0.1) is 0 Å². The molecule has 1 aromatic rings. The van der Waals surface area contributed by atoms with Crippen LogP contribution < -0.4 is 5.32 Å². The van der Waals surface area contributed by atoms with Gasteiger partial charge >= 0.3 is 0 Å². The molecule has 1 rings (SSSR count). The van der Waals surface area contributed by atoms with Crippen LogP contribution in [0.25, 0.3) is 5.03 Å². The summed E-state index contributed by atoms with van der Waals surface area (Å²) >= 11 is 6.07. The van der Waals surface area contributed by atoms with E-state index in [4.69, 9.17) is 11.6 Å². The van der Waals surface area contributed by atoms with E-state index in [9.17, 15) is 4.79 Å². The van der Waals surface area contributed by atoms with Crippen LogP contribution in [0.4, 0.5) is 0 Å². The monoisotopic (exact) mass is 264 g/mol. The second kappa shape index (κ2) is 6.97. The average Bonchev–Trinajstić information content (AvgIpc) is 2.35. The third-order valence-corrected chi connectivity index (χ3v) is 2.56. The molecule has 18 heavy (non-hydrogen) atoms. The summed E-state index contributed by atoms with van der Waals surface area (Å²) in [6.07, 6.45) is 3.34. The predicted molar refractivity (Wildman–Crippen MR) is 77.3 cm³/mol. The van der Waals surface area contributed by atoms with E-state index in [1.54, 1.807) is 31.5 Å². The Hall–Kier alpha value is -1.61. The van der Waals surface area contributed by atoms with Gasteiger partial charge in [0.15, 0.2) is 0 Å². The molecule has 0 aliphatic heterocycles. The molecule has 1 amide bonds. The third kappa shape index (κ3) is 4.34. The number of rotatable bonds is 4. The molecule has 0 spiro atoms. The Morgan fingerprint density at radius 1 is 1.28 bits per heavy atom. The standard InChI is InChI=1S/C14H17ClN2O/c1-10(2)17-14(18)12-6-4-11(5-7-12)13(15)8-9-16-3/h4-10H,1-3H3,(H,17,18)/b13-8+,16-9?. The molecule has 0 aliphatic carbocycles. The lowest BCUT2D eigenvalue weighted by Crippen LogP contribution is -2.29. The number of hydrogen-bond donors (Lipinski definition) is 1. The Bertz CT molecular complexity index is 461. The summed E-state index contributed by atoms with van der Waals surface area (Å²) in [5.74, 6) is -0.0771. The van der Waals surface area contributed by atoms with Gasteiger partial charge in [0.25, 0.3) is 5.91 Å². The molecule has 96 valence electrons. The van der Waals surface area contributed by atoms with Crippen LogP contribution in [0.15, 0.2) is 35.3 Å². The minimum Gasteiger partial charge on any atom is -0.350 e. The highest BCUT2D eigenvalue weighted by molar-refractivity contribution is 6.49. The number of carbonyl (C=O) groups is 1. The van der Waals surface area contributed by atoms with Gasteiger partial charge in [-0.15, -0.1) is 0 Å². The number of allylic oxidation sites excluding steroid dienone is 1. The fourth-order valence-electron chi connectivity index (χ4n) is 1.36. The topological polar surface area (TPSA) is 41.5 Å². The van der Waals surface area contributed by atoms with Gasteiger partial charge in [0.1, 0.15) is 0 Å². The quantitative estimate of drug-likeness (QED) is 0.834. The summed E-state index contributed by atoms with van der Waals surface area (Å²) in [5.41, 5.74) is 1.48. The molecule has 0 aliphatic rings. The Kier molecular flexibility index (Phi) is 5.59. The van der Waals surface area contributed by atoms with Crippen molar-refractivity contribution in [2.75, 3.05) is 7.05 Å². The minimum atomic E-state index is -0.0771. The van der Waals surface area contributed by atoms with E-state index in [0.29, 0.717) is 10.6 Å². The van der Waals surface area contributed by atoms with Crippen LogP contribution in [0.5, 0.6) is 0 Å². The summed E-state index contributed by atoms with van der Waals surface area (Å²) in [6, 6.07) is 7.27. The second-order valence-electron chi connectivity index (χ2n) is 4.13. The lowest BCUT2D eigenvalue weighted by atomic mass is 10.1. The lowest BCUT2D eigenvalue weighted by Gasteiger charge is -2.08. The van der Waals surface area contributed by atoms with Crippen LogP contribution in [-0.2, 0) is 0 Å². The first-order chi connectivity index (χ1) is 8.54. The molecule has 4 heteroatoms. The van der Waals surface area contributed by atoms with Gasteiger partial charge in [-0.2, -0.15) is 0 Å². The maximum Gasteiger partial charge on any atom is 0.251 e. The van der Waals surface area contributed by atoms with Gasteiger partial charge in [0.2, 0.25) is 0 Å². The zero-order valence-electron chi connectivity index (χ0n) is 10.8. The third-order valence-electron chi connectivity index (χ3n) is 2.21. The van der Waals surface area contributed by atoms with E-state index in [0.717, 1.165) is 5.56 Å². The molecule has 0 saturated carbocycles. The molecule has 3 nitrogen and oxygen atoms in total. The van der Waals surface area contributed by atoms with Crippen LogP contribution in [0.2, 0.25) is 0 Å². The smallest absolute Gasteiger partial charge is 0.251 e. The van der Waals surface area contributed by atoms with Gasteiger partial charge in [0, 0.05) is 29.9 Å². The molecule has 0 radical (unpaired) electrons. The number of aliphatic imine (C=N–C) groups is 1. The minimum absolute atomic E-state index is 0.0771. The summed E-state index contributed by atoms with van der Waals surface area (Å²) in [7, 11) is 1.68. The Morgan fingerprint density at radius 2 is 1.83 bits per heavy atom. The molecular weight excluding hydrogens is 248 g/mol. The highest BCUT2D eigenvalue weighted by Crippen LogP contribution is 2.18. The number of halogens is 1. The first-order valence-corrected chi connectivity index (χ1v) is 6.11. The zero-order valence-corrected chi connectivity index (χ0v) is 11.5.